The third-order valence-electron chi connectivity index (χ3n) is 5.21. The summed E-state index contributed by atoms with van der Waals surface area (Å²) in [7, 11) is 0. The van der Waals surface area contributed by atoms with Gasteiger partial charge >= 0.3 is 0 Å². The van der Waals surface area contributed by atoms with Crippen molar-refractivity contribution in [2.75, 3.05) is 32.7 Å². The maximum atomic E-state index is 6.20. The van der Waals surface area contributed by atoms with E-state index in [2.05, 4.69) is 28.4 Å². The summed E-state index contributed by atoms with van der Waals surface area (Å²) in [6, 6.07) is 8.57. The van der Waals surface area contributed by atoms with E-state index < -0.39 is 0 Å². The molecule has 1 aliphatic carbocycles. The van der Waals surface area contributed by atoms with E-state index in [9.17, 15) is 0 Å². The first kappa shape index (κ1) is 15.3. The van der Waals surface area contributed by atoms with Gasteiger partial charge in [0, 0.05) is 31.2 Å². The van der Waals surface area contributed by atoms with Crippen molar-refractivity contribution in [1.82, 2.24) is 10.2 Å². The molecule has 0 spiro atoms. The van der Waals surface area contributed by atoms with Crippen LogP contribution in [0.2, 0.25) is 5.02 Å². The number of hydrogen-bond donors (Lipinski definition) is 1. The van der Waals surface area contributed by atoms with Gasteiger partial charge in [0.2, 0.25) is 0 Å². The Hall–Kier alpha value is -0.570. The summed E-state index contributed by atoms with van der Waals surface area (Å²) in [6.45, 7) is 6.01. The highest BCUT2D eigenvalue weighted by molar-refractivity contribution is 6.30. The molecule has 0 aromatic heterocycles. The Labute approximate surface area is 133 Å². The maximum Gasteiger partial charge on any atom is 0.0408 e. The Morgan fingerprint density at radius 3 is 2.76 bits per heavy atom. The van der Waals surface area contributed by atoms with E-state index >= 15 is 0 Å². The average Bonchev–Trinajstić information content (AvgIpc) is 2.54. The molecule has 2 aliphatic rings. The number of piperazine rings is 1. The first-order chi connectivity index (χ1) is 10.3. The molecule has 3 heteroatoms. The largest absolute Gasteiger partial charge is 0.314 e. The SMILES string of the molecule is Clc1cccc(C2CCCCC2CCN2CCNCC2)c1. The highest BCUT2D eigenvalue weighted by Crippen LogP contribution is 2.40. The molecule has 0 radical (unpaired) electrons. The molecule has 2 atom stereocenters. The van der Waals surface area contributed by atoms with Crippen LogP contribution in [0.1, 0.15) is 43.6 Å². The molecule has 1 saturated heterocycles. The quantitative estimate of drug-likeness (QED) is 0.907. The lowest BCUT2D eigenvalue weighted by Gasteiger charge is -2.35. The lowest BCUT2D eigenvalue weighted by atomic mass is 9.74. The molecule has 1 aliphatic heterocycles. The third-order valence-corrected chi connectivity index (χ3v) is 5.45. The molecule has 2 unspecified atom stereocenters. The zero-order chi connectivity index (χ0) is 14.5. The Kier molecular flexibility index (Phi) is 5.56. The van der Waals surface area contributed by atoms with E-state index in [4.69, 9.17) is 11.6 Å². The van der Waals surface area contributed by atoms with E-state index in [0.717, 1.165) is 29.9 Å². The van der Waals surface area contributed by atoms with Gasteiger partial charge in [0.15, 0.2) is 0 Å². The van der Waals surface area contributed by atoms with Crippen LogP contribution in [0.5, 0.6) is 0 Å². The fourth-order valence-electron chi connectivity index (χ4n) is 4.01. The Morgan fingerprint density at radius 1 is 1.14 bits per heavy atom. The lowest BCUT2D eigenvalue weighted by Crippen LogP contribution is -2.44. The molecule has 0 bridgehead atoms. The average molecular weight is 307 g/mol. The summed E-state index contributed by atoms with van der Waals surface area (Å²) >= 11 is 6.20. The highest BCUT2D eigenvalue weighted by atomic mass is 35.5. The fraction of sp³-hybridized carbons (Fsp3) is 0.667. The molecule has 2 nitrogen and oxygen atoms in total. The molecule has 21 heavy (non-hydrogen) atoms. The minimum atomic E-state index is 0.723. The molecular weight excluding hydrogens is 280 g/mol. The van der Waals surface area contributed by atoms with Crippen molar-refractivity contribution in [3.8, 4) is 0 Å². The van der Waals surface area contributed by atoms with Crippen LogP contribution in [0.25, 0.3) is 0 Å². The lowest BCUT2D eigenvalue weighted by molar-refractivity contribution is 0.199. The van der Waals surface area contributed by atoms with Crippen molar-refractivity contribution >= 4 is 11.6 Å². The van der Waals surface area contributed by atoms with Gasteiger partial charge in [0.05, 0.1) is 0 Å². The topological polar surface area (TPSA) is 15.3 Å². The molecule has 1 heterocycles. The first-order valence-corrected chi connectivity index (χ1v) is 8.89. The van der Waals surface area contributed by atoms with E-state index in [1.165, 1.54) is 57.3 Å². The van der Waals surface area contributed by atoms with E-state index in [1.807, 2.05) is 6.07 Å². The second kappa shape index (κ2) is 7.62. The van der Waals surface area contributed by atoms with Gasteiger partial charge in [-0.25, -0.2) is 0 Å². The number of halogens is 1. The van der Waals surface area contributed by atoms with Crippen molar-refractivity contribution in [3.05, 3.63) is 34.9 Å². The van der Waals surface area contributed by atoms with Crippen molar-refractivity contribution in [1.29, 1.82) is 0 Å². The van der Waals surface area contributed by atoms with Crippen molar-refractivity contribution < 1.29 is 0 Å². The summed E-state index contributed by atoms with van der Waals surface area (Å²) < 4.78 is 0. The Bertz CT molecular complexity index is 443. The molecule has 2 fully saturated rings. The van der Waals surface area contributed by atoms with Gasteiger partial charge in [-0.1, -0.05) is 36.6 Å². The highest BCUT2D eigenvalue weighted by Gasteiger charge is 2.27. The minimum Gasteiger partial charge on any atom is -0.314 e. The predicted octanol–water partition coefficient (Wildman–Crippen LogP) is 3.91. The molecule has 1 aromatic carbocycles. The number of nitrogens with zero attached hydrogens (tertiary/aromatic N) is 1. The van der Waals surface area contributed by atoms with Crippen LogP contribution >= 0.6 is 11.6 Å². The van der Waals surface area contributed by atoms with Crippen molar-refractivity contribution in [2.24, 2.45) is 5.92 Å². The van der Waals surface area contributed by atoms with Crippen LogP contribution in [0.3, 0.4) is 0 Å². The molecule has 1 saturated carbocycles. The summed E-state index contributed by atoms with van der Waals surface area (Å²) in [5.74, 6) is 1.56. The second-order valence-electron chi connectivity index (χ2n) is 6.59. The third kappa shape index (κ3) is 4.21. The summed E-state index contributed by atoms with van der Waals surface area (Å²) in [5.41, 5.74) is 1.47. The fourth-order valence-corrected chi connectivity index (χ4v) is 4.21. The van der Waals surface area contributed by atoms with Gasteiger partial charge in [-0.15, -0.1) is 0 Å². The monoisotopic (exact) mass is 306 g/mol. The molecule has 1 aromatic rings. The van der Waals surface area contributed by atoms with Crippen LogP contribution in [0.4, 0.5) is 0 Å². The van der Waals surface area contributed by atoms with Gasteiger partial charge in [-0.05, 0) is 55.3 Å². The number of benzene rings is 1. The van der Waals surface area contributed by atoms with E-state index in [0.29, 0.717) is 0 Å². The molecule has 3 rings (SSSR count). The molecule has 1 N–H and O–H groups in total. The number of hydrogen-bond acceptors (Lipinski definition) is 2. The maximum absolute atomic E-state index is 6.20. The second-order valence-corrected chi connectivity index (χ2v) is 7.02. The summed E-state index contributed by atoms with van der Waals surface area (Å²) in [5, 5.41) is 4.33. The molecule has 0 amide bonds. The van der Waals surface area contributed by atoms with Gasteiger partial charge in [-0.3, -0.25) is 0 Å². The number of rotatable bonds is 4. The number of nitrogens with one attached hydrogen (secondary N) is 1. The zero-order valence-corrected chi connectivity index (χ0v) is 13.6. The standard InChI is InChI=1S/C18H27ClN2/c19-17-6-3-5-16(14-17)18-7-2-1-4-15(18)8-11-21-12-9-20-10-13-21/h3,5-6,14-15,18,20H,1-2,4,7-13H2. The van der Waals surface area contributed by atoms with E-state index in [-0.39, 0.29) is 0 Å². The smallest absolute Gasteiger partial charge is 0.0408 e. The Balaban J connectivity index is 1.61. The zero-order valence-electron chi connectivity index (χ0n) is 12.9. The van der Waals surface area contributed by atoms with Gasteiger partial charge in [0.1, 0.15) is 0 Å². The van der Waals surface area contributed by atoms with Crippen LogP contribution in [0, 0.1) is 5.92 Å². The van der Waals surface area contributed by atoms with Crippen molar-refractivity contribution in [3.63, 3.8) is 0 Å². The minimum absolute atomic E-state index is 0.723. The summed E-state index contributed by atoms with van der Waals surface area (Å²) in [4.78, 5) is 2.63. The van der Waals surface area contributed by atoms with Gasteiger partial charge < -0.3 is 10.2 Å². The summed E-state index contributed by atoms with van der Waals surface area (Å²) in [6.07, 6.45) is 6.86. The first-order valence-electron chi connectivity index (χ1n) is 8.51. The van der Waals surface area contributed by atoms with Gasteiger partial charge in [0.25, 0.3) is 0 Å². The van der Waals surface area contributed by atoms with Crippen LogP contribution in [-0.2, 0) is 0 Å². The van der Waals surface area contributed by atoms with E-state index in [1.54, 1.807) is 0 Å². The van der Waals surface area contributed by atoms with Gasteiger partial charge in [-0.2, -0.15) is 0 Å². The van der Waals surface area contributed by atoms with Crippen molar-refractivity contribution in [2.45, 2.75) is 38.0 Å². The normalized spacial score (nSPS) is 27.7. The van der Waals surface area contributed by atoms with Crippen LogP contribution < -0.4 is 5.32 Å². The van der Waals surface area contributed by atoms with Crippen LogP contribution in [-0.4, -0.2) is 37.6 Å². The molecule has 116 valence electrons. The van der Waals surface area contributed by atoms with Crippen LogP contribution in [0.15, 0.2) is 24.3 Å². The Morgan fingerprint density at radius 2 is 1.95 bits per heavy atom. The predicted molar refractivity (Wildman–Crippen MR) is 90.1 cm³/mol. The molecular formula is C18H27ClN2.